The summed E-state index contributed by atoms with van der Waals surface area (Å²) in [5.74, 6) is 0.491. The quantitative estimate of drug-likeness (QED) is 0.548. The topological polar surface area (TPSA) is 110 Å². The molecule has 0 saturated heterocycles. The molecular weight excluding hydrogens is 360 g/mol. The maximum atomic E-state index is 12.3. The largest absolute Gasteiger partial charge is 0.467 e. The van der Waals surface area contributed by atoms with E-state index in [2.05, 4.69) is 20.4 Å². The molecule has 0 saturated carbocycles. The van der Waals surface area contributed by atoms with Crippen molar-refractivity contribution in [1.29, 1.82) is 0 Å². The highest BCUT2D eigenvalue weighted by Gasteiger charge is 2.23. The summed E-state index contributed by atoms with van der Waals surface area (Å²) >= 11 is 0. The van der Waals surface area contributed by atoms with Crippen molar-refractivity contribution in [3.05, 3.63) is 47.7 Å². The highest BCUT2D eigenvalue weighted by Crippen LogP contribution is 2.19. The Labute approximate surface area is 162 Å². The highest BCUT2D eigenvalue weighted by atomic mass is 16.5. The number of benzene rings is 1. The lowest BCUT2D eigenvalue weighted by Crippen LogP contribution is -2.43. The first-order valence-electron chi connectivity index (χ1n) is 9.34. The third-order valence-electron chi connectivity index (χ3n) is 4.54. The number of nitrogens with zero attached hydrogens (tertiary/aromatic N) is 2. The van der Waals surface area contributed by atoms with Crippen molar-refractivity contribution in [2.45, 2.75) is 45.1 Å². The first kappa shape index (κ1) is 19.6. The molecule has 0 aliphatic carbocycles. The molecule has 0 bridgehead atoms. The fraction of sp³-hybridized carbons (Fsp3) is 0.400. The molecule has 2 N–H and O–H groups in total. The van der Waals surface area contributed by atoms with Crippen molar-refractivity contribution in [3.8, 4) is 0 Å². The maximum Gasteiger partial charge on any atom is 0.328 e. The average Bonchev–Trinajstić information content (AvgIpc) is 3.34. The number of para-hydroxylation sites is 1. The summed E-state index contributed by atoms with van der Waals surface area (Å²) in [6.07, 6.45) is 4.24. The number of aryl methyl sites for hydroxylation is 2. The molecule has 0 fully saturated rings. The van der Waals surface area contributed by atoms with Crippen molar-refractivity contribution >= 4 is 22.8 Å². The van der Waals surface area contributed by atoms with E-state index in [1.165, 1.54) is 7.11 Å². The predicted molar refractivity (Wildman–Crippen MR) is 103 cm³/mol. The van der Waals surface area contributed by atoms with Crippen LogP contribution in [0.3, 0.4) is 0 Å². The molecule has 0 unspecified atom stereocenters. The minimum atomic E-state index is -0.744. The van der Waals surface area contributed by atoms with Gasteiger partial charge >= 0.3 is 5.97 Å². The van der Waals surface area contributed by atoms with Gasteiger partial charge in [0.05, 0.1) is 7.11 Å². The van der Waals surface area contributed by atoms with Gasteiger partial charge in [-0.1, -0.05) is 30.3 Å². The molecular formula is C20H24N4O4. The number of amides is 1. The molecule has 3 aromatic rings. The number of rotatable bonds is 9. The van der Waals surface area contributed by atoms with Crippen LogP contribution in [0.15, 0.2) is 35.0 Å². The Hall–Kier alpha value is -3.16. The van der Waals surface area contributed by atoms with Gasteiger partial charge in [-0.05, 0) is 18.1 Å². The molecule has 2 aromatic heterocycles. The fourth-order valence-corrected chi connectivity index (χ4v) is 3.06. The molecule has 3 rings (SSSR count). The third kappa shape index (κ3) is 4.76. The number of nitrogens with one attached hydrogen (secondary N) is 2. The van der Waals surface area contributed by atoms with Crippen LogP contribution in [0.25, 0.3) is 10.9 Å². The molecule has 0 aliphatic rings. The lowest BCUT2D eigenvalue weighted by Gasteiger charge is -2.16. The summed E-state index contributed by atoms with van der Waals surface area (Å²) < 4.78 is 9.98. The fourth-order valence-electron chi connectivity index (χ4n) is 3.06. The van der Waals surface area contributed by atoms with Crippen molar-refractivity contribution in [2.75, 3.05) is 7.11 Å². The standard InChI is InChI=1S/C20H24N4O4/c1-3-17-23-19(28-24-17)10-6-9-18(25)22-16(20(26)27-2)11-13-12-21-15-8-5-4-7-14(13)15/h4-5,7-8,12,16,21H,3,6,9-11H2,1-2H3,(H,22,25)/t16-/m1/s1. The Morgan fingerprint density at radius 1 is 1.32 bits per heavy atom. The molecule has 1 aromatic carbocycles. The Kier molecular flexibility index (Phi) is 6.41. The molecule has 28 heavy (non-hydrogen) atoms. The summed E-state index contributed by atoms with van der Waals surface area (Å²) in [4.78, 5) is 31.9. The molecule has 148 valence electrons. The molecule has 0 spiro atoms. The van der Waals surface area contributed by atoms with Crippen LogP contribution < -0.4 is 5.32 Å². The number of carbonyl (C=O) groups is 2. The highest BCUT2D eigenvalue weighted by molar-refractivity contribution is 5.87. The zero-order valence-electron chi connectivity index (χ0n) is 16.0. The molecule has 0 radical (unpaired) electrons. The molecule has 2 heterocycles. The average molecular weight is 384 g/mol. The van der Waals surface area contributed by atoms with Gasteiger partial charge in [0.15, 0.2) is 5.82 Å². The van der Waals surface area contributed by atoms with Gasteiger partial charge in [0.2, 0.25) is 11.8 Å². The number of carbonyl (C=O) groups excluding carboxylic acids is 2. The predicted octanol–water partition coefficient (Wildman–Crippen LogP) is 2.34. The normalized spacial score (nSPS) is 12.1. The summed E-state index contributed by atoms with van der Waals surface area (Å²) in [5, 5.41) is 7.63. The van der Waals surface area contributed by atoms with Crippen LogP contribution in [-0.4, -0.2) is 40.2 Å². The monoisotopic (exact) mass is 384 g/mol. The van der Waals surface area contributed by atoms with Gasteiger partial charge in [-0.2, -0.15) is 4.98 Å². The van der Waals surface area contributed by atoms with Crippen molar-refractivity contribution in [2.24, 2.45) is 0 Å². The second kappa shape index (κ2) is 9.16. The van der Waals surface area contributed by atoms with E-state index in [1.807, 2.05) is 37.4 Å². The van der Waals surface area contributed by atoms with Crippen molar-refractivity contribution in [3.63, 3.8) is 0 Å². The number of esters is 1. The van der Waals surface area contributed by atoms with Crippen LogP contribution in [0.1, 0.15) is 37.0 Å². The van der Waals surface area contributed by atoms with E-state index in [-0.39, 0.29) is 12.3 Å². The number of H-pyrrole nitrogens is 1. The van der Waals surface area contributed by atoms with Crippen LogP contribution in [0.4, 0.5) is 0 Å². The number of hydrogen-bond donors (Lipinski definition) is 2. The smallest absolute Gasteiger partial charge is 0.328 e. The van der Waals surface area contributed by atoms with E-state index < -0.39 is 12.0 Å². The minimum absolute atomic E-state index is 0.217. The van der Waals surface area contributed by atoms with Crippen LogP contribution in [-0.2, 0) is 33.6 Å². The Morgan fingerprint density at radius 2 is 2.14 bits per heavy atom. The van der Waals surface area contributed by atoms with Gasteiger partial charge in [0.25, 0.3) is 0 Å². The Bertz CT molecular complexity index is 946. The summed E-state index contributed by atoms with van der Waals surface area (Å²) in [6, 6.07) is 7.08. The van der Waals surface area contributed by atoms with E-state index >= 15 is 0 Å². The maximum absolute atomic E-state index is 12.3. The molecule has 8 nitrogen and oxygen atoms in total. The summed E-state index contributed by atoms with van der Waals surface area (Å²) in [7, 11) is 1.32. The SMILES string of the molecule is CCc1noc(CCCC(=O)N[C@H](Cc2c[nH]c3ccccc23)C(=O)OC)n1. The molecule has 1 atom stereocenters. The number of aromatic nitrogens is 3. The van der Waals surface area contributed by atoms with E-state index in [0.717, 1.165) is 16.5 Å². The van der Waals surface area contributed by atoms with Gasteiger partial charge in [-0.3, -0.25) is 4.79 Å². The number of methoxy groups -OCH3 is 1. The van der Waals surface area contributed by atoms with Gasteiger partial charge in [-0.25, -0.2) is 4.79 Å². The van der Waals surface area contributed by atoms with Gasteiger partial charge in [0, 0.05) is 42.8 Å². The number of fused-ring (bicyclic) bond motifs is 1. The van der Waals surface area contributed by atoms with Gasteiger partial charge in [-0.15, -0.1) is 0 Å². The van der Waals surface area contributed by atoms with Crippen LogP contribution in [0, 0.1) is 0 Å². The molecule has 1 amide bonds. The Morgan fingerprint density at radius 3 is 2.89 bits per heavy atom. The summed E-state index contributed by atoms with van der Waals surface area (Å²) in [6.45, 7) is 1.95. The van der Waals surface area contributed by atoms with Crippen LogP contribution in [0.2, 0.25) is 0 Å². The minimum Gasteiger partial charge on any atom is -0.467 e. The third-order valence-corrected chi connectivity index (χ3v) is 4.54. The van der Waals surface area contributed by atoms with E-state index in [4.69, 9.17) is 9.26 Å². The lowest BCUT2D eigenvalue weighted by molar-refractivity contribution is -0.145. The first-order valence-corrected chi connectivity index (χ1v) is 9.34. The second-order valence-electron chi connectivity index (χ2n) is 6.52. The van der Waals surface area contributed by atoms with Crippen molar-refractivity contribution in [1.82, 2.24) is 20.4 Å². The number of ether oxygens (including phenoxy) is 1. The first-order chi connectivity index (χ1) is 13.6. The Balaban J connectivity index is 1.57. The van der Waals surface area contributed by atoms with Gasteiger partial charge in [0.1, 0.15) is 6.04 Å². The number of aromatic amines is 1. The summed E-state index contributed by atoms with van der Waals surface area (Å²) in [5.41, 5.74) is 1.93. The zero-order chi connectivity index (χ0) is 19.9. The van der Waals surface area contributed by atoms with Gasteiger partial charge < -0.3 is 19.6 Å². The van der Waals surface area contributed by atoms with Crippen LogP contribution in [0.5, 0.6) is 0 Å². The number of hydrogen-bond acceptors (Lipinski definition) is 6. The van der Waals surface area contributed by atoms with E-state index in [9.17, 15) is 9.59 Å². The molecule has 8 heteroatoms. The van der Waals surface area contributed by atoms with Crippen molar-refractivity contribution < 1.29 is 18.8 Å². The lowest BCUT2D eigenvalue weighted by atomic mass is 10.0. The molecule has 0 aliphatic heterocycles. The van der Waals surface area contributed by atoms with Crippen LogP contribution >= 0.6 is 0 Å². The van der Waals surface area contributed by atoms with E-state index in [1.54, 1.807) is 0 Å². The zero-order valence-corrected chi connectivity index (χ0v) is 16.0. The second-order valence-corrected chi connectivity index (χ2v) is 6.52. The van der Waals surface area contributed by atoms with E-state index in [0.29, 0.717) is 37.4 Å².